The van der Waals surface area contributed by atoms with Gasteiger partial charge >= 0.3 is 11.7 Å². The van der Waals surface area contributed by atoms with Crippen molar-refractivity contribution in [3.63, 3.8) is 0 Å². The molecule has 1 atom stereocenters. The molecule has 1 heterocycles. The van der Waals surface area contributed by atoms with Crippen molar-refractivity contribution >= 4 is 35.1 Å². The van der Waals surface area contributed by atoms with Gasteiger partial charge in [-0.25, -0.2) is 9.59 Å². The number of aromatic nitrogens is 2. The molecule has 3 rings (SSSR count). The number of halogens is 2. The first-order valence-electron chi connectivity index (χ1n) is 13.0. The summed E-state index contributed by atoms with van der Waals surface area (Å²) in [7, 11) is 3.05. The number of nitrogens with zero attached hydrogens (tertiary/aromatic N) is 3. The summed E-state index contributed by atoms with van der Waals surface area (Å²) in [5, 5.41) is 3.06. The molecule has 9 nitrogen and oxygen atoms in total. The minimum absolute atomic E-state index is 0.0723. The van der Waals surface area contributed by atoms with Crippen LogP contribution in [0.25, 0.3) is 11.1 Å². The van der Waals surface area contributed by atoms with E-state index in [1.54, 1.807) is 56.4 Å². The van der Waals surface area contributed by atoms with E-state index in [1.807, 2.05) is 13.8 Å². The second-order valence-corrected chi connectivity index (χ2v) is 10.2. The Balaban J connectivity index is 1.87. The number of nitrogens with one attached hydrogen (secondary N) is 1. The smallest absolute Gasteiger partial charge is 0.330 e. The van der Waals surface area contributed by atoms with Crippen LogP contribution >= 0.6 is 23.2 Å². The van der Waals surface area contributed by atoms with Crippen molar-refractivity contribution in [2.45, 2.75) is 33.2 Å². The van der Waals surface area contributed by atoms with Crippen LogP contribution in [0, 0.1) is 6.92 Å². The summed E-state index contributed by atoms with van der Waals surface area (Å²) < 4.78 is 8.02. The van der Waals surface area contributed by atoms with Crippen LogP contribution in [-0.2, 0) is 30.0 Å². The predicted molar refractivity (Wildman–Crippen MR) is 157 cm³/mol. The topological polar surface area (TPSA) is 103 Å². The number of carbonyl (C=O) groups excluding carboxylic acids is 2. The van der Waals surface area contributed by atoms with Crippen LogP contribution in [0.1, 0.15) is 35.5 Å². The molecule has 0 bridgehead atoms. The molecule has 214 valence electrons. The highest BCUT2D eigenvalue weighted by Crippen LogP contribution is 2.25. The number of rotatable bonds is 11. The van der Waals surface area contributed by atoms with Crippen molar-refractivity contribution in [3.8, 4) is 11.1 Å². The molecule has 0 aliphatic carbocycles. The second kappa shape index (κ2) is 13.8. The first kappa shape index (κ1) is 31.1. The van der Waals surface area contributed by atoms with Crippen molar-refractivity contribution in [3.05, 3.63) is 90.2 Å². The zero-order valence-electron chi connectivity index (χ0n) is 23.3. The van der Waals surface area contributed by atoms with Crippen molar-refractivity contribution in [2.75, 3.05) is 26.2 Å². The maximum Gasteiger partial charge on any atom is 0.330 e. The summed E-state index contributed by atoms with van der Waals surface area (Å²) in [5.74, 6) is -1.18. The summed E-state index contributed by atoms with van der Waals surface area (Å²) in [4.78, 5) is 53.4. The van der Waals surface area contributed by atoms with E-state index in [-0.39, 0.29) is 28.6 Å². The molecule has 0 aliphatic heterocycles. The molecule has 40 heavy (non-hydrogen) atoms. The van der Waals surface area contributed by atoms with Gasteiger partial charge in [0.05, 0.1) is 21.2 Å². The van der Waals surface area contributed by atoms with Gasteiger partial charge in [-0.2, -0.15) is 0 Å². The highest BCUT2D eigenvalue weighted by Gasteiger charge is 2.26. The first-order valence-corrected chi connectivity index (χ1v) is 13.7. The van der Waals surface area contributed by atoms with E-state index in [9.17, 15) is 19.2 Å². The average Bonchev–Trinajstić information content (AvgIpc) is 2.93. The number of hydrogen-bond donors (Lipinski definition) is 1. The van der Waals surface area contributed by atoms with Crippen molar-refractivity contribution < 1.29 is 14.3 Å². The summed E-state index contributed by atoms with van der Waals surface area (Å²) in [6, 6.07) is 10.7. The Bertz CT molecular complexity index is 1470. The summed E-state index contributed by atoms with van der Waals surface area (Å²) in [6.45, 7) is 8.15. The van der Waals surface area contributed by atoms with Gasteiger partial charge in [0.2, 0.25) is 0 Å². The molecule has 0 saturated carbocycles. The van der Waals surface area contributed by atoms with Crippen molar-refractivity contribution in [1.29, 1.82) is 0 Å². The van der Waals surface area contributed by atoms with Crippen molar-refractivity contribution in [1.82, 2.24) is 19.4 Å². The van der Waals surface area contributed by atoms with E-state index >= 15 is 0 Å². The molecular weight excluding hydrogens is 555 g/mol. The number of amides is 1. The molecule has 1 aromatic heterocycles. The summed E-state index contributed by atoms with van der Waals surface area (Å²) in [5.41, 5.74) is 1.57. The van der Waals surface area contributed by atoms with Crippen LogP contribution in [-0.4, -0.2) is 58.2 Å². The Morgan fingerprint density at radius 1 is 0.975 bits per heavy atom. The Hall–Kier alpha value is -3.40. The number of esters is 1. The molecule has 2 aromatic carbocycles. The third-order valence-corrected chi connectivity index (χ3v) is 7.60. The minimum atomic E-state index is -1.02. The van der Waals surface area contributed by atoms with E-state index in [0.717, 1.165) is 23.2 Å². The fraction of sp³-hybridized carbons (Fsp3) is 0.379. The molecule has 0 saturated heterocycles. The lowest BCUT2D eigenvalue weighted by atomic mass is 10.00. The van der Waals surface area contributed by atoms with Gasteiger partial charge in [0.25, 0.3) is 11.5 Å². The van der Waals surface area contributed by atoms with Crippen molar-refractivity contribution in [2.24, 2.45) is 14.1 Å². The molecular formula is C29H34Cl2N4O5. The maximum absolute atomic E-state index is 13.1. The Kier molecular flexibility index (Phi) is 10.7. The number of benzene rings is 2. The normalized spacial score (nSPS) is 11.9. The quantitative estimate of drug-likeness (QED) is 0.343. The lowest BCUT2D eigenvalue weighted by Gasteiger charge is -2.21. The van der Waals surface area contributed by atoms with Gasteiger partial charge in [0.1, 0.15) is 12.6 Å². The number of carbonyl (C=O) groups is 2. The van der Waals surface area contributed by atoms with Crippen LogP contribution in [0.3, 0.4) is 0 Å². The third kappa shape index (κ3) is 7.02. The fourth-order valence-electron chi connectivity index (χ4n) is 4.38. The SMILES string of the molecule is CCN(CC)CCOC(=O)[C@H](Cc1ccc(-c2c(C)n(C)c(=O)n(C)c2=O)cc1)NC(=O)c1c(Cl)cccc1Cl. The molecule has 0 spiro atoms. The van der Waals surface area contributed by atoms with Gasteiger partial charge < -0.3 is 19.5 Å². The molecule has 0 unspecified atom stereocenters. The highest BCUT2D eigenvalue weighted by atomic mass is 35.5. The zero-order valence-corrected chi connectivity index (χ0v) is 24.8. The van der Waals surface area contributed by atoms with Gasteiger partial charge in [0.15, 0.2) is 0 Å². The Morgan fingerprint density at radius 3 is 2.15 bits per heavy atom. The van der Waals surface area contributed by atoms with E-state index in [4.69, 9.17) is 27.9 Å². The maximum atomic E-state index is 13.1. The zero-order chi connectivity index (χ0) is 29.6. The van der Waals surface area contributed by atoms with Crippen LogP contribution in [0.2, 0.25) is 10.0 Å². The molecule has 0 aliphatic rings. The fourth-order valence-corrected chi connectivity index (χ4v) is 4.94. The molecule has 1 amide bonds. The number of likely N-dealkylation sites (N-methyl/N-ethyl adjacent to an activating group) is 1. The van der Waals surface area contributed by atoms with E-state index in [0.29, 0.717) is 23.4 Å². The monoisotopic (exact) mass is 588 g/mol. The Morgan fingerprint density at radius 2 is 1.57 bits per heavy atom. The minimum Gasteiger partial charge on any atom is -0.463 e. The number of ether oxygens (including phenoxy) is 1. The van der Waals surface area contributed by atoms with E-state index < -0.39 is 29.2 Å². The first-order chi connectivity index (χ1) is 19.0. The standard InChI is InChI=1S/C29H34Cl2N4O5/c1-6-35(7-2)15-16-40-28(38)23(32-26(36)25-21(30)9-8-10-22(25)31)17-19-11-13-20(14-12-19)24-18(3)33(4)29(39)34(5)27(24)37/h8-14,23H,6-7,15-17H2,1-5H3,(H,32,36)/t23-/m0/s1. The Labute approximate surface area is 243 Å². The second-order valence-electron chi connectivity index (χ2n) is 9.38. The lowest BCUT2D eigenvalue weighted by Crippen LogP contribution is -2.44. The average molecular weight is 590 g/mol. The molecule has 1 N–H and O–H groups in total. The summed E-state index contributed by atoms with van der Waals surface area (Å²) in [6.07, 6.45) is 0.127. The van der Waals surface area contributed by atoms with Crippen LogP contribution in [0.5, 0.6) is 0 Å². The molecule has 0 fully saturated rings. The van der Waals surface area contributed by atoms with Crippen LogP contribution in [0.15, 0.2) is 52.1 Å². The van der Waals surface area contributed by atoms with Gasteiger partial charge in [-0.15, -0.1) is 0 Å². The predicted octanol–water partition coefficient (Wildman–Crippen LogP) is 3.59. The van der Waals surface area contributed by atoms with Gasteiger partial charge in [-0.3, -0.25) is 14.2 Å². The largest absolute Gasteiger partial charge is 0.463 e. The summed E-state index contributed by atoms with van der Waals surface area (Å²) >= 11 is 12.4. The number of hydrogen-bond acceptors (Lipinski definition) is 6. The third-order valence-electron chi connectivity index (χ3n) is 6.97. The van der Waals surface area contributed by atoms with Crippen LogP contribution < -0.4 is 16.6 Å². The van der Waals surface area contributed by atoms with E-state index in [1.165, 1.54) is 11.6 Å². The highest BCUT2D eigenvalue weighted by molar-refractivity contribution is 6.39. The van der Waals surface area contributed by atoms with Gasteiger partial charge in [-0.05, 0) is 43.3 Å². The van der Waals surface area contributed by atoms with E-state index in [2.05, 4.69) is 10.2 Å². The molecule has 11 heteroatoms. The molecule has 0 radical (unpaired) electrons. The van der Waals surface area contributed by atoms with Gasteiger partial charge in [0, 0.05) is 32.8 Å². The molecule has 3 aromatic rings. The van der Waals surface area contributed by atoms with Gasteiger partial charge in [-0.1, -0.05) is 67.4 Å². The van der Waals surface area contributed by atoms with Crippen LogP contribution in [0.4, 0.5) is 0 Å². The lowest BCUT2D eigenvalue weighted by molar-refractivity contribution is -0.146.